The SMILES string of the molecule is CNCC(C)C(=O)NC1CCN(c2cccc(Cl)c2)C1. The summed E-state index contributed by atoms with van der Waals surface area (Å²) < 4.78 is 0. The fourth-order valence-electron chi connectivity index (χ4n) is 2.53. The summed E-state index contributed by atoms with van der Waals surface area (Å²) in [7, 11) is 1.86. The Morgan fingerprint density at radius 2 is 2.35 bits per heavy atom. The zero-order valence-electron chi connectivity index (χ0n) is 12.0. The zero-order chi connectivity index (χ0) is 14.5. The summed E-state index contributed by atoms with van der Waals surface area (Å²) in [5.41, 5.74) is 1.12. The highest BCUT2D eigenvalue weighted by Crippen LogP contribution is 2.23. The molecule has 0 spiro atoms. The molecule has 2 atom stereocenters. The number of hydrogen-bond acceptors (Lipinski definition) is 3. The highest BCUT2D eigenvalue weighted by atomic mass is 35.5. The number of hydrogen-bond donors (Lipinski definition) is 2. The molecule has 0 aromatic heterocycles. The van der Waals surface area contributed by atoms with Crippen LogP contribution >= 0.6 is 11.6 Å². The molecule has 1 amide bonds. The van der Waals surface area contributed by atoms with Crippen molar-refractivity contribution < 1.29 is 4.79 Å². The molecule has 2 unspecified atom stereocenters. The van der Waals surface area contributed by atoms with E-state index in [0.29, 0.717) is 6.54 Å². The summed E-state index contributed by atoms with van der Waals surface area (Å²) in [6.45, 7) is 4.44. The van der Waals surface area contributed by atoms with Crippen molar-refractivity contribution >= 4 is 23.2 Å². The van der Waals surface area contributed by atoms with Crippen LogP contribution in [0.5, 0.6) is 0 Å². The molecule has 0 aliphatic carbocycles. The van der Waals surface area contributed by atoms with Crippen molar-refractivity contribution in [3.63, 3.8) is 0 Å². The third-order valence-corrected chi connectivity index (χ3v) is 3.90. The predicted octanol–water partition coefficient (Wildman–Crippen LogP) is 1.89. The maximum Gasteiger partial charge on any atom is 0.224 e. The van der Waals surface area contributed by atoms with Gasteiger partial charge in [0.2, 0.25) is 5.91 Å². The highest BCUT2D eigenvalue weighted by molar-refractivity contribution is 6.30. The lowest BCUT2D eigenvalue weighted by Gasteiger charge is -2.20. The van der Waals surface area contributed by atoms with Crippen molar-refractivity contribution in [3.05, 3.63) is 29.3 Å². The van der Waals surface area contributed by atoms with E-state index in [2.05, 4.69) is 21.6 Å². The van der Waals surface area contributed by atoms with Crippen molar-refractivity contribution in [1.29, 1.82) is 0 Å². The molecule has 0 bridgehead atoms. The Morgan fingerprint density at radius 1 is 1.55 bits per heavy atom. The molecule has 1 aromatic carbocycles. The van der Waals surface area contributed by atoms with E-state index in [1.165, 1.54) is 0 Å². The van der Waals surface area contributed by atoms with Crippen LogP contribution in [0.4, 0.5) is 5.69 Å². The second-order valence-electron chi connectivity index (χ2n) is 5.38. The summed E-state index contributed by atoms with van der Waals surface area (Å²) in [6.07, 6.45) is 0.977. The van der Waals surface area contributed by atoms with E-state index in [4.69, 9.17) is 11.6 Å². The normalized spacial score (nSPS) is 19.9. The molecule has 20 heavy (non-hydrogen) atoms. The van der Waals surface area contributed by atoms with E-state index in [-0.39, 0.29) is 17.9 Å². The molecular weight excluding hydrogens is 274 g/mol. The number of nitrogens with one attached hydrogen (secondary N) is 2. The van der Waals surface area contributed by atoms with E-state index >= 15 is 0 Å². The van der Waals surface area contributed by atoms with Crippen LogP contribution in [0.15, 0.2) is 24.3 Å². The Balaban J connectivity index is 1.88. The van der Waals surface area contributed by atoms with Gasteiger partial charge in [-0.2, -0.15) is 0 Å². The molecule has 0 saturated carbocycles. The number of rotatable bonds is 5. The lowest BCUT2D eigenvalue weighted by Crippen LogP contribution is -2.42. The standard InChI is InChI=1S/C15H22ClN3O/c1-11(9-17-2)15(20)18-13-6-7-19(10-13)14-5-3-4-12(16)8-14/h3-5,8,11,13,17H,6-7,9-10H2,1-2H3,(H,18,20). The number of carbonyl (C=O) groups excluding carboxylic acids is 1. The summed E-state index contributed by atoms with van der Waals surface area (Å²) in [4.78, 5) is 14.3. The number of carbonyl (C=O) groups is 1. The molecule has 5 heteroatoms. The van der Waals surface area contributed by atoms with Gasteiger partial charge in [-0.3, -0.25) is 4.79 Å². The van der Waals surface area contributed by atoms with Gasteiger partial charge in [0.1, 0.15) is 0 Å². The van der Waals surface area contributed by atoms with Crippen molar-refractivity contribution in [2.24, 2.45) is 5.92 Å². The van der Waals surface area contributed by atoms with Crippen molar-refractivity contribution in [2.45, 2.75) is 19.4 Å². The van der Waals surface area contributed by atoms with Gasteiger partial charge in [-0.25, -0.2) is 0 Å². The fraction of sp³-hybridized carbons (Fsp3) is 0.533. The van der Waals surface area contributed by atoms with Gasteiger partial charge in [0.25, 0.3) is 0 Å². The first kappa shape index (κ1) is 15.1. The maximum atomic E-state index is 12.0. The zero-order valence-corrected chi connectivity index (χ0v) is 12.8. The molecule has 1 saturated heterocycles. The van der Waals surface area contributed by atoms with E-state index in [0.717, 1.165) is 30.2 Å². The van der Waals surface area contributed by atoms with E-state index < -0.39 is 0 Å². The number of benzene rings is 1. The van der Waals surface area contributed by atoms with E-state index in [1.54, 1.807) is 0 Å². The number of amides is 1. The minimum Gasteiger partial charge on any atom is -0.369 e. The van der Waals surface area contributed by atoms with Gasteiger partial charge in [0.15, 0.2) is 0 Å². The first-order valence-corrected chi connectivity index (χ1v) is 7.43. The summed E-state index contributed by atoms with van der Waals surface area (Å²) in [6, 6.07) is 8.08. The Morgan fingerprint density at radius 3 is 3.05 bits per heavy atom. The molecule has 1 aromatic rings. The average molecular weight is 296 g/mol. The van der Waals surface area contributed by atoms with Gasteiger partial charge in [-0.15, -0.1) is 0 Å². The largest absolute Gasteiger partial charge is 0.369 e. The Hall–Kier alpha value is -1.26. The topological polar surface area (TPSA) is 44.4 Å². The molecule has 1 aliphatic rings. The van der Waals surface area contributed by atoms with Crippen molar-refractivity contribution in [1.82, 2.24) is 10.6 Å². The molecular formula is C15H22ClN3O. The quantitative estimate of drug-likeness (QED) is 0.872. The van der Waals surface area contributed by atoms with Crippen LogP contribution in [0.3, 0.4) is 0 Å². The van der Waals surface area contributed by atoms with Gasteiger partial charge in [0.05, 0.1) is 0 Å². The second-order valence-corrected chi connectivity index (χ2v) is 5.82. The van der Waals surface area contributed by atoms with Gasteiger partial charge < -0.3 is 15.5 Å². The number of nitrogens with zero attached hydrogens (tertiary/aromatic N) is 1. The van der Waals surface area contributed by atoms with Gasteiger partial charge >= 0.3 is 0 Å². The number of halogens is 1. The van der Waals surface area contributed by atoms with Crippen LogP contribution in [-0.4, -0.2) is 38.6 Å². The summed E-state index contributed by atoms with van der Waals surface area (Å²) in [5, 5.41) is 6.90. The predicted molar refractivity (Wildman–Crippen MR) is 83.3 cm³/mol. The second kappa shape index (κ2) is 6.95. The fourth-order valence-corrected chi connectivity index (χ4v) is 2.71. The van der Waals surface area contributed by atoms with Crippen molar-refractivity contribution in [3.8, 4) is 0 Å². The van der Waals surface area contributed by atoms with E-state index in [9.17, 15) is 4.79 Å². The van der Waals surface area contributed by atoms with Gasteiger partial charge in [-0.1, -0.05) is 24.6 Å². The highest BCUT2D eigenvalue weighted by Gasteiger charge is 2.25. The maximum absolute atomic E-state index is 12.0. The molecule has 4 nitrogen and oxygen atoms in total. The molecule has 2 rings (SSSR count). The van der Waals surface area contributed by atoms with Gasteiger partial charge in [0, 0.05) is 42.3 Å². The van der Waals surface area contributed by atoms with Crippen LogP contribution in [0, 0.1) is 5.92 Å². The van der Waals surface area contributed by atoms with E-state index in [1.807, 2.05) is 32.2 Å². The third-order valence-electron chi connectivity index (χ3n) is 3.67. The summed E-state index contributed by atoms with van der Waals surface area (Å²) >= 11 is 6.02. The molecule has 1 fully saturated rings. The molecule has 110 valence electrons. The lowest BCUT2D eigenvalue weighted by atomic mass is 10.1. The Labute approximate surface area is 125 Å². The van der Waals surface area contributed by atoms with Gasteiger partial charge in [-0.05, 0) is 31.7 Å². The van der Waals surface area contributed by atoms with Crippen molar-refractivity contribution in [2.75, 3.05) is 31.6 Å². The Bertz CT molecular complexity index is 466. The lowest BCUT2D eigenvalue weighted by molar-refractivity contribution is -0.124. The van der Waals surface area contributed by atoms with Crippen LogP contribution in [-0.2, 0) is 4.79 Å². The molecule has 2 N–H and O–H groups in total. The smallest absolute Gasteiger partial charge is 0.224 e. The molecule has 1 aliphatic heterocycles. The summed E-state index contributed by atoms with van der Waals surface area (Å²) in [5.74, 6) is 0.123. The third kappa shape index (κ3) is 3.87. The minimum atomic E-state index is 0.000203. The average Bonchev–Trinajstić information content (AvgIpc) is 2.87. The monoisotopic (exact) mass is 295 g/mol. The minimum absolute atomic E-state index is 0.000203. The van der Waals surface area contributed by atoms with Crippen LogP contribution in [0.1, 0.15) is 13.3 Å². The Kier molecular flexibility index (Phi) is 5.26. The number of anilines is 1. The molecule has 1 heterocycles. The molecule has 0 radical (unpaired) electrons. The first-order valence-electron chi connectivity index (χ1n) is 7.05. The van der Waals surface area contributed by atoms with Crippen LogP contribution in [0.25, 0.3) is 0 Å². The van der Waals surface area contributed by atoms with Crippen LogP contribution in [0.2, 0.25) is 5.02 Å². The van der Waals surface area contributed by atoms with Crippen LogP contribution < -0.4 is 15.5 Å². The first-order chi connectivity index (χ1) is 9.60.